The van der Waals surface area contributed by atoms with Crippen LogP contribution in [0.2, 0.25) is 0 Å². The summed E-state index contributed by atoms with van der Waals surface area (Å²) >= 11 is 5.48. The van der Waals surface area contributed by atoms with Crippen molar-refractivity contribution in [2.45, 2.75) is 45.1 Å². The first-order valence-corrected chi connectivity index (χ1v) is 5.65. The van der Waals surface area contributed by atoms with Gasteiger partial charge in [-0.1, -0.05) is 19.8 Å². The van der Waals surface area contributed by atoms with Crippen LogP contribution in [-0.2, 0) is 4.79 Å². The summed E-state index contributed by atoms with van der Waals surface area (Å²) in [7, 11) is 0. The van der Waals surface area contributed by atoms with Gasteiger partial charge in [0, 0.05) is 18.3 Å². The average Bonchev–Trinajstić information content (AvgIpc) is 2.87. The maximum absolute atomic E-state index is 11.2. The van der Waals surface area contributed by atoms with Crippen molar-refractivity contribution in [3.05, 3.63) is 0 Å². The molecule has 1 fully saturated rings. The van der Waals surface area contributed by atoms with E-state index in [-0.39, 0.29) is 5.91 Å². The molecule has 1 N–H and O–H groups in total. The number of amides is 1. The van der Waals surface area contributed by atoms with Crippen molar-refractivity contribution < 1.29 is 4.79 Å². The number of carbonyl (C=O) groups excluding carboxylic acids is 1. The smallest absolute Gasteiger partial charge is 0.221 e. The van der Waals surface area contributed by atoms with Crippen LogP contribution in [0.3, 0.4) is 0 Å². The van der Waals surface area contributed by atoms with Crippen molar-refractivity contribution >= 4 is 17.5 Å². The second kappa shape index (κ2) is 5.48. The summed E-state index contributed by atoms with van der Waals surface area (Å²) in [6, 6.07) is 0.378. The third-order valence-corrected chi connectivity index (χ3v) is 2.68. The number of rotatable bonds is 6. The number of halogens is 1. The number of alkyl halides is 1. The molecule has 0 radical (unpaired) electrons. The molecule has 0 heterocycles. The fourth-order valence-corrected chi connectivity index (χ4v) is 1.64. The molecule has 1 unspecified atom stereocenters. The molecule has 0 aliphatic heterocycles. The van der Waals surface area contributed by atoms with Crippen molar-refractivity contribution in [3.63, 3.8) is 0 Å². The molecule has 1 amide bonds. The number of nitrogens with one attached hydrogen (secondary N) is 1. The summed E-state index contributed by atoms with van der Waals surface area (Å²) in [5.41, 5.74) is 0. The molecule has 0 saturated heterocycles. The Balaban J connectivity index is 2.17. The zero-order valence-electron chi connectivity index (χ0n) is 8.18. The van der Waals surface area contributed by atoms with Gasteiger partial charge in [0.15, 0.2) is 0 Å². The molecule has 76 valence electrons. The number of carbonyl (C=O) groups is 1. The normalized spacial score (nSPS) is 18.3. The number of hydrogen-bond acceptors (Lipinski definition) is 1. The van der Waals surface area contributed by atoms with Gasteiger partial charge in [0.25, 0.3) is 0 Å². The van der Waals surface area contributed by atoms with Crippen LogP contribution in [0.15, 0.2) is 0 Å². The third kappa shape index (κ3) is 4.51. The Hall–Kier alpha value is -0.240. The zero-order chi connectivity index (χ0) is 9.68. The molecular formula is C10H18ClNO. The van der Waals surface area contributed by atoms with E-state index in [4.69, 9.17) is 11.6 Å². The molecule has 1 atom stereocenters. The minimum Gasteiger partial charge on any atom is -0.353 e. The summed E-state index contributed by atoms with van der Waals surface area (Å²) in [4.78, 5) is 11.2. The lowest BCUT2D eigenvalue weighted by Crippen LogP contribution is -2.34. The Kier molecular flexibility index (Phi) is 4.57. The molecule has 0 aromatic heterocycles. The van der Waals surface area contributed by atoms with Crippen LogP contribution in [0, 0.1) is 5.92 Å². The van der Waals surface area contributed by atoms with E-state index in [1.807, 2.05) is 0 Å². The van der Waals surface area contributed by atoms with Crippen molar-refractivity contribution in [2.24, 2.45) is 5.92 Å². The minimum atomic E-state index is 0.0995. The second-order valence-electron chi connectivity index (χ2n) is 3.79. The lowest BCUT2D eigenvalue weighted by atomic mass is 10.1. The molecule has 1 aliphatic rings. The van der Waals surface area contributed by atoms with Crippen molar-refractivity contribution in [3.8, 4) is 0 Å². The van der Waals surface area contributed by atoms with Crippen LogP contribution in [0.5, 0.6) is 0 Å². The molecule has 1 rings (SSSR count). The molecule has 3 heteroatoms. The SMILES string of the molecule is CCC(CC1CC1)NC(=O)CCCl. The summed E-state index contributed by atoms with van der Waals surface area (Å²) in [5.74, 6) is 1.40. The molecule has 13 heavy (non-hydrogen) atoms. The lowest BCUT2D eigenvalue weighted by molar-refractivity contribution is -0.121. The topological polar surface area (TPSA) is 29.1 Å². The van der Waals surface area contributed by atoms with E-state index >= 15 is 0 Å². The molecule has 0 spiro atoms. The highest BCUT2D eigenvalue weighted by Gasteiger charge is 2.25. The second-order valence-corrected chi connectivity index (χ2v) is 4.17. The van der Waals surface area contributed by atoms with Gasteiger partial charge in [-0.2, -0.15) is 0 Å². The Morgan fingerprint density at radius 3 is 2.77 bits per heavy atom. The highest BCUT2D eigenvalue weighted by atomic mass is 35.5. The van der Waals surface area contributed by atoms with Gasteiger partial charge >= 0.3 is 0 Å². The van der Waals surface area contributed by atoms with E-state index in [0.717, 1.165) is 18.8 Å². The predicted molar refractivity (Wildman–Crippen MR) is 54.9 cm³/mol. The van der Waals surface area contributed by atoms with Gasteiger partial charge in [-0.15, -0.1) is 11.6 Å². The van der Waals surface area contributed by atoms with Gasteiger partial charge in [0.2, 0.25) is 5.91 Å². The zero-order valence-corrected chi connectivity index (χ0v) is 8.94. The molecule has 1 saturated carbocycles. The quantitative estimate of drug-likeness (QED) is 0.660. The van der Waals surface area contributed by atoms with Crippen molar-refractivity contribution in [1.29, 1.82) is 0 Å². The first-order chi connectivity index (χ1) is 6.26. The number of hydrogen-bond donors (Lipinski definition) is 1. The van der Waals surface area contributed by atoms with E-state index < -0.39 is 0 Å². The fourth-order valence-electron chi connectivity index (χ4n) is 1.47. The molecule has 0 bridgehead atoms. The molecule has 1 aliphatic carbocycles. The summed E-state index contributed by atoms with van der Waals surface area (Å²) in [5, 5.41) is 3.02. The highest BCUT2D eigenvalue weighted by molar-refractivity contribution is 6.18. The summed E-state index contributed by atoms with van der Waals surface area (Å²) in [6.45, 7) is 2.12. The highest BCUT2D eigenvalue weighted by Crippen LogP contribution is 2.33. The van der Waals surface area contributed by atoms with Crippen LogP contribution < -0.4 is 5.32 Å². The van der Waals surface area contributed by atoms with Gasteiger partial charge in [-0.05, 0) is 18.8 Å². The Morgan fingerprint density at radius 1 is 1.62 bits per heavy atom. The Labute approximate surface area is 85.0 Å². The summed E-state index contributed by atoms with van der Waals surface area (Å²) < 4.78 is 0. The van der Waals surface area contributed by atoms with Gasteiger partial charge in [0.1, 0.15) is 0 Å². The molecule has 0 aromatic rings. The molecule has 0 aromatic carbocycles. The predicted octanol–water partition coefficient (Wildman–Crippen LogP) is 2.31. The van der Waals surface area contributed by atoms with Gasteiger partial charge in [0.05, 0.1) is 0 Å². The van der Waals surface area contributed by atoms with Crippen molar-refractivity contribution in [2.75, 3.05) is 5.88 Å². The van der Waals surface area contributed by atoms with E-state index in [9.17, 15) is 4.79 Å². The lowest BCUT2D eigenvalue weighted by Gasteiger charge is -2.15. The fraction of sp³-hybridized carbons (Fsp3) is 0.900. The largest absolute Gasteiger partial charge is 0.353 e. The van der Waals surface area contributed by atoms with Crippen LogP contribution in [0.4, 0.5) is 0 Å². The van der Waals surface area contributed by atoms with E-state index in [0.29, 0.717) is 18.3 Å². The standard InChI is InChI=1S/C10H18ClNO/c1-2-9(7-8-3-4-8)12-10(13)5-6-11/h8-9H,2-7H2,1H3,(H,12,13). The molecule has 2 nitrogen and oxygen atoms in total. The van der Waals surface area contributed by atoms with Crippen LogP contribution in [0.1, 0.15) is 39.0 Å². The third-order valence-electron chi connectivity index (χ3n) is 2.49. The minimum absolute atomic E-state index is 0.0995. The monoisotopic (exact) mass is 203 g/mol. The van der Waals surface area contributed by atoms with Crippen LogP contribution in [-0.4, -0.2) is 17.8 Å². The Bertz CT molecular complexity index is 168. The van der Waals surface area contributed by atoms with E-state index in [1.165, 1.54) is 12.8 Å². The first-order valence-electron chi connectivity index (χ1n) is 5.11. The average molecular weight is 204 g/mol. The summed E-state index contributed by atoms with van der Waals surface area (Å²) in [6.07, 6.45) is 5.33. The maximum Gasteiger partial charge on any atom is 0.221 e. The van der Waals surface area contributed by atoms with E-state index in [1.54, 1.807) is 0 Å². The van der Waals surface area contributed by atoms with Gasteiger partial charge in [-0.25, -0.2) is 0 Å². The van der Waals surface area contributed by atoms with Crippen molar-refractivity contribution in [1.82, 2.24) is 5.32 Å². The van der Waals surface area contributed by atoms with Crippen LogP contribution >= 0.6 is 11.6 Å². The maximum atomic E-state index is 11.2. The van der Waals surface area contributed by atoms with Gasteiger partial charge < -0.3 is 5.32 Å². The first kappa shape index (κ1) is 10.8. The van der Waals surface area contributed by atoms with Gasteiger partial charge in [-0.3, -0.25) is 4.79 Å². The molecular weight excluding hydrogens is 186 g/mol. The Morgan fingerprint density at radius 2 is 2.31 bits per heavy atom. The van der Waals surface area contributed by atoms with E-state index in [2.05, 4.69) is 12.2 Å². The van der Waals surface area contributed by atoms with Crippen LogP contribution in [0.25, 0.3) is 0 Å².